The van der Waals surface area contributed by atoms with Crippen molar-refractivity contribution in [3.63, 3.8) is 0 Å². The molecule has 0 aliphatic rings. The maximum Gasteiger partial charge on any atom is 0.129 e. The molecule has 1 atom stereocenters. The lowest BCUT2D eigenvalue weighted by molar-refractivity contribution is 0.523. The molecule has 0 fully saturated rings. The number of rotatable bonds is 5. The lowest BCUT2D eigenvalue weighted by Gasteiger charge is -2.16. The molecule has 0 radical (unpaired) electrons. The highest BCUT2D eigenvalue weighted by atomic mass is 79.9. The molecule has 1 unspecified atom stereocenters. The van der Waals surface area contributed by atoms with E-state index in [1.54, 1.807) is 6.20 Å². The molecule has 2 aromatic rings. The number of halogens is 1. The predicted molar refractivity (Wildman–Crippen MR) is 69.7 cm³/mol. The SMILES string of the molecule is CCCn1ncc(Br)c1C(NC)c1ncc[nH]1. The van der Waals surface area contributed by atoms with Gasteiger partial charge in [-0.15, -0.1) is 0 Å². The number of nitrogens with one attached hydrogen (secondary N) is 2. The molecular formula is C11H16BrN5. The Kier molecular flexibility index (Phi) is 3.96. The molecule has 0 bridgehead atoms. The van der Waals surface area contributed by atoms with Gasteiger partial charge in [0.15, 0.2) is 0 Å². The summed E-state index contributed by atoms with van der Waals surface area (Å²) >= 11 is 3.55. The molecule has 0 aromatic carbocycles. The van der Waals surface area contributed by atoms with E-state index in [1.807, 2.05) is 24.1 Å². The lowest BCUT2D eigenvalue weighted by Crippen LogP contribution is -2.23. The van der Waals surface area contributed by atoms with Gasteiger partial charge in [-0.25, -0.2) is 4.98 Å². The van der Waals surface area contributed by atoms with Crippen LogP contribution in [0.15, 0.2) is 23.1 Å². The van der Waals surface area contributed by atoms with Crippen LogP contribution in [0.25, 0.3) is 0 Å². The standard InChI is InChI=1S/C11H16BrN5/c1-3-6-17-10(8(12)7-16-17)9(13-2)11-14-4-5-15-11/h4-5,7,9,13H,3,6H2,1-2H3,(H,14,15). The monoisotopic (exact) mass is 297 g/mol. The molecule has 0 aliphatic carbocycles. The Balaban J connectivity index is 2.39. The van der Waals surface area contributed by atoms with Crippen LogP contribution in [0.5, 0.6) is 0 Å². The Morgan fingerprint density at radius 3 is 3.00 bits per heavy atom. The molecule has 92 valence electrons. The first-order valence-electron chi connectivity index (χ1n) is 5.65. The molecule has 6 heteroatoms. The van der Waals surface area contributed by atoms with Gasteiger partial charge in [0.25, 0.3) is 0 Å². The van der Waals surface area contributed by atoms with E-state index in [2.05, 4.69) is 43.2 Å². The topological polar surface area (TPSA) is 58.5 Å². The van der Waals surface area contributed by atoms with E-state index in [0.717, 1.165) is 29.0 Å². The van der Waals surface area contributed by atoms with Crippen molar-refractivity contribution in [2.24, 2.45) is 0 Å². The summed E-state index contributed by atoms with van der Waals surface area (Å²) in [5.74, 6) is 0.894. The van der Waals surface area contributed by atoms with E-state index in [-0.39, 0.29) is 6.04 Å². The zero-order chi connectivity index (χ0) is 12.3. The highest BCUT2D eigenvalue weighted by Gasteiger charge is 2.21. The first-order valence-corrected chi connectivity index (χ1v) is 6.45. The van der Waals surface area contributed by atoms with E-state index < -0.39 is 0 Å². The first-order chi connectivity index (χ1) is 8.27. The van der Waals surface area contributed by atoms with Crippen LogP contribution in [-0.2, 0) is 6.54 Å². The van der Waals surface area contributed by atoms with Gasteiger partial charge in [0, 0.05) is 18.9 Å². The average molecular weight is 298 g/mol. The summed E-state index contributed by atoms with van der Waals surface area (Å²) in [6.07, 6.45) is 6.47. The van der Waals surface area contributed by atoms with E-state index in [4.69, 9.17) is 0 Å². The van der Waals surface area contributed by atoms with Gasteiger partial charge in [-0.2, -0.15) is 5.10 Å². The normalized spacial score (nSPS) is 12.9. The summed E-state index contributed by atoms with van der Waals surface area (Å²) in [4.78, 5) is 7.44. The average Bonchev–Trinajstić information content (AvgIpc) is 2.94. The van der Waals surface area contributed by atoms with Crippen LogP contribution in [-0.4, -0.2) is 26.8 Å². The molecule has 0 aliphatic heterocycles. The number of H-pyrrole nitrogens is 1. The van der Waals surface area contributed by atoms with Crippen LogP contribution in [0.3, 0.4) is 0 Å². The molecule has 2 rings (SSSR count). The smallest absolute Gasteiger partial charge is 0.129 e. The second-order valence-electron chi connectivity index (χ2n) is 3.80. The Morgan fingerprint density at radius 2 is 2.41 bits per heavy atom. The first kappa shape index (κ1) is 12.3. The molecule has 2 heterocycles. The number of hydrogen-bond acceptors (Lipinski definition) is 3. The summed E-state index contributed by atoms with van der Waals surface area (Å²) in [5.41, 5.74) is 1.10. The molecule has 5 nitrogen and oxygen atoms in total. The van der Waals surface area contributed by atoms with Crippen LogP contribution in [0.2, 0.25) is 0 Å². The van der Waals surface area contributed by atoms with E-state index in [0.29, 0.717) is 0 Å². The van der Waals surface area contributed by atoms with Crippen molar-refractivity contribution in [3.05, 3.63) is 34.6 Å². The van der Waals surface area contributed by atoms with Crippen LogP contribution in [0.4, 0.5) is 0 Å². The summed E-state index contributed by atoms with van der Waals surface area (Å²) in [7, 11) is 1.92. The van der Waals surface area contributed by atoms with Gasteiger partial charge in [0.2, 0.25) is 0 Å². The molecule has 0 saturated heterocycles. The molecule has 0 amide bonds. The number of nitrogens with zero attached hydrogens (tertiary/aromatic N) is 3. The third-order valence-electron chi connectivity index (χ3n) is 2.62. The maximum atomic E-state index is 4.37. The fraction of sp³-hybridized carbons (Fsp3) is 0.455. The number of hydrogen-bond donors (Lipinski definition) is 2. The summed E-state index contributed by atoms with van der Waals surface area (Å²) < 4.78 is 3.01. The minimum absolute atomic E-state index is 0.0217. The largest absolute Gasteiger partial charge is 0.347 e. The molecule has 17 heavy (non-hydrogen) atoms. The molecule has 0 spiro atoms. The van der Waals surface area contributed by atoms with Crippen molar-refractivity contribution in [2.45, 2.75) is 25.9 Å². The van der Waals surface area contributed by atoms with Gasteiger partial charge in [0.1, 0.15) is 11.9 Å². The van der Waals surface area contributed by atoms with E-state index in [9.17, 15) is 0 Å². The predicted octanol–water partition coefficient (Wildman–Crippen LogP) is 2.09. The number of aromatic amines is 1. The van der Waals surface area contributed by atoms with Crippen molar-refractivity contribution < 1.29 is 0 Å². The zero-order valence-electron chi connectivity index (χ0n) is 9.94. The molecule has 2 N–H and O–H groups in total. The highest BCUT2D eigenvalue weighted by molar-refractivity contribution is 9.10. The van der Waals surface area contributed by atoms with Gasteiger partial charge in [-0.05, 0) is 29.4 Å². The van der Waals surface area contributed by atoms with E-state index in [1.165, 1.54) is 0 Å². The fourth-order valence-electron chi connectivity index (χ4n) is 1.89. The summed E-state index contributed by atoms with van der Waals surface area (Å²) in [5, 5.41) is 7.63. The number of aryl methyl sites for hydroxylation is 1. The summed E-state index contributed by atoms with van der Waals surface area (Å²) in [6.45, 7) is 3.04. The lowest BCUT2D eigenvalue weighted by atomic mass is 10.2. The van der Waals surface area contributed by atoms with Gasteiger partial charge in [-0.1, -0.05) is 6.92 Å². The van der Waals surface area contributed by atoms with E-state index >= 15 is 0 Å². The Hall–Kier alpha value is -1.14. The van der Waals surface area contributed by atoms with Crippen molar-refractivity contribution in [2.75, 3.05) is 7.05 Å². The van der Waals surface area contributed by atoms with Crippen LogP contribution >= 0.6 is 15.9 Å². The van der Waals surface area contributed by atoms with Crippen molar-refractivity contribution >= 4 is 15.9 Å². The fourth-order valence-corrected chi connectivity index (χ4v) is 2.41. The minimum Gasteiger partial charge on any atom is -0.347 e. The maximum absolute atomic E-state index is 4.37. The second kappa shape index (κ2) is 5.46. The second-order valence-corrected chi connectivity index (χ2v) is 4.65. The minimum atomic E-state index is 0.0217. The quantitative estimate of drug-likeness (QED) is 0.888. The Morgan fingerprint density at radius 1 is 1.59 bits per heavy atom. The molecule has 0 saturated carbocycles. The number of imidazole rings is 1. The van der Waals surface area contributed by atoms with Gasteiger partial charge in [-0.3, -0.25) is 4.68 Å². The van der Waals surface area contributed by atoms with Crippen molar-refractivity contribution in [3.8, 4) is 0 Å². The van der Waals surface area contributed by atoms with Gasteiger partial charge in [0.05, 0.1) is 16.4 Å². The van der Waals surface area contributed by atoms with Crippen molar-refractivity contribution in [1.29, 1.82) is 0 Å². The van der Waals surface area contributed by atoms with Crippen molar-refractivity contribution in [1.82, 2.24) is 25.1 Å². The summed E-state index contributed by atoms with van der Waals surface area (Å²) in [6, 6.07) is 0.0217. The third kappa shape index (κ3) is 2.42. The van der Waals surface area contributed by atoms with Gasteiger partial charge >= 0.3 is 0 Å². The molecular weight excluding hydrogens is 282 g/mol. The highest BCUT2D eigenvalue weighted by Crippen LogP contribution is 2.26. The van der Waals surface area contributed by atoms with Gasteiger partial charge < -0.3 is 10.3 Å². The number of aromatic nitrogens is 4. The van der Waals surface area contributed by atoms with Crippen LogP contribution < -0.4 is 5.32 Å². The Bertz CT molecular complexity index is 462. The zero-order valence-corrected chi connectivity index (χ0v) is 11.5. The Labute approximate surface area is 109 Å². The third-order valence-corrected chi connectivity index (χ3v) is 3.23. The molecule has 2 aromatic heterocycles. The van der Waals surface area contributed by atoms with Crippen LogP contribution in [0, 0.1) is 0 Å². The van der Waals surface area contributed by atoms with Crippen LogP contribution in [0.1, 0.15) is 30.9 Å².